The van der Waals surface area contributed by atoms with Crippen molar-refractivity contribution < 1.29 is 9.59 Å². The molecule has 3 saturated heterocycles. The predicted octanol–water partition coefficient (Wildman–Crippen LogP) is 2.79. The summed E-state index contributed by atoms with van der Waals surface area (Å²) in [6.45, 7) is 9.64. The fourth-order valence-corrected chi connectivity index (χ4v) is 4.96. The largest absolute Gasteiger partial charge is 0.357 e. The molecule has 0 atom stereocenters. The molecule has 1 aromatic heterocycles. The summed E-state index contributed by atoms with van der Waals surface area (Å²) >= 11 is 0. The zero-order valence-electron chi connectivity index (χ0n) is 17.2. The topological polar surface area (TPSA) is 56.8 Å². The van der Waals surface area contributed by atoms with Crippen LogP contribution in [0.5, 0.6) is 0 Å². The quantitative estimate of drug-likeness (QED) is 0.801. The van der Waals surface area contributed by atoms with Gasteiger partial charge in [0.2, 0.25) is 5.91 Å². The number of likely N-dealkylation sites (tertiary alicyclic amines) is 2. The number of anilines is 1. The normalized spacial score (nSPS) is 22.0. The summed E-state index contributed by atoms with van der Waals surface area (Å²) in [5.41, 5.74) is 0.872. The van der Waals surface area contributed by atoms with Gasteiger partial charge in [-0.15, -0.1) is 0 Å². The molecule has 1 aromatic rings. The summed E-state index contributed by atoms with van der Waals surface area (Å²) < 4.78 is 0. The Morgan fingerprint density at radius 2 is 1.89 bits per heavy atom. The van der Waals surface area contributed by atoms with Crippen LogP contribution in [0.2, 0.25) is 0 Å². The van der Waals surface area contributed by atoms with Gasteiger partial charge in [-0.2, -0.15) is 0 Å². The number of pyridine rings is 1. The first-order valence-electron chi connectivity index (χ1n) is 10.7. The molecule has 0 bridgehead atoms. The first kappa shape index (κ1) is 19.2. The fraction of sp³-hybridized carbons (Fsp3) is 0.682. The second-order valence-electron chi connectivity index (χ2n) is 9.23. The maximum Gasteiger partial charge on any atom is 0.254 e. The molecule has 6 heteroatoms. The monoisotopic (exact) mass is 384 g/mol. The van der Waals surface area contributed by atoms with E-state index in [1.807, 2.05) is 17.0 Å². The van der Waals surface area contributed by atoms with Crippen LogP contribution in [0, 0.1) is 11.3 Å². The predicted molar refractivity (Wildman–Crippen MR) is 109 cm³/mol. The molecule has 0 unspecified atom stereocenters. The van der Waals surface area contributed by atoms with Crippen LogP contribution in [0.1, 0.15) is 56.3 Å². The van der Waals surface area contributed by atoms with Gasteiger partial charge in [-0.25, -0.2) is 4.98 Å². The fourth-order valence-electron chi connectivity index (χ4n) is 4.96. The molecule has 4 heterocycles. The zero-order valence-corrected chi connectivity index (χ0v) is 17.2. The maximum absolute atomic E-state index is 12.7. The maximum atomic E-state index is 12.7. The summed E-state index contributed by atoms with van der Waals surface area (Å²) in [7, 11) is 0. The molecule has 0 aliphatic carbocycles. The van der Waals surface area contributed by atoms with Crippen molar-refractivity contribution in [2.75, 3.05) is 44.2 Å². The number of hydrogen-bond donors (Lipinski definition) is 0. The van der Waals surface area contributed by atoms with E-state index in [4.69, 9.17) is 0 Å². The van der Waals surface area contributed by atoms with E-state index < -0.39 is 0 Å². The van der Waals surface area contributed by atoms with Crippen LogP contribution in [-0.4, -0.2) is 65.9 Å². The highest BCUT2D eigenvalue weighted by molar-refractivity contribution is 5.95. The molecule has 6 nitrogen and oxygen atoms in total. The van der Waals surface area contributed by atoms with E-state index in [0.29, 0.717) is 18.2 Å². The van der Waals surface area contributed by atoms with E-state index >= 15 is 0 Å². The van der Waals surface area contributed by atoms with Gasteiger partial charge in [0.25, 0.3) is 5.91 Å². The number of rotatable bonds is 4. The molecule has 0 N–H and O–H groups in total. The lowest BCUT2D eigenvalue weighted by atomic mass is 9.77. The van der Waals surface area contributed by atoms with Crippen molar-refractivity contribution in [1.29, 1.82) is 0 Å². The van der Waals surface area contributed by atoms with Gasteiger partial charge in [0, 0.05) is 62.9 Å². The lowest BCUT2D eigenvalue weighted by molar-refractivity contribution is -0.128. The summed E-state index contributed by atoms with van der Waals surface area (Å²) in [5.74, 6) is 1.85. The van der Waals surface area contributed by atoms with Crippen LogP contribution in [0.3, 0.4) is 0 Å². The lowest BCUT2D eigenvalue weighted by Crippen LogP contribution is -2.42. The highest BCUT2D eigenvalue weighted by Gasteiger charge is 2.45. The molecule has 3 fully saturated rings. The molecule has 152 valence electrons. The molecule has 3 aliphatic rings. The Morgan fingerprint density at radius 3 is 2.57 bits per heavy atom. The number of carbonyl (C=O) groups excluding carboxylic acids is 2. The Balaban J connectivity index is 1.40. The van der Waals surface area contributed by atoms with Gasteiger partial charge in [0.1, 0.15) is 5.82 Å². The van der Waals surface area contributed by atoms with Gasteiger partial charge in [0.15, 0.2) is 0 Å². The van der Waals surface area contributed by atoms with Crippen LogP contribution in [0.15, 0.2) is 18.3 Å². The van der Waals surface area contributed by atoms with Crippen molar-refractivity contribution in [2.24, 2.45) is 11.3 Å². The summed E-state index contributed by atoms with van der Waals surface area (Å²) in [6.07, 6.45) is 6.68. The van der Waals surface area contributed by atoms with Crippen LogP contribution in [0.25, 0.3) is 0 Å². The average molecular weight is 385 g/mol. The minimum atomic E-state index is 0.125. The van der Waals surface area contributed by atoms with E-state index in [-0.39, 0.29) is 11.3 Å². The van der Waals surface area contributed by atoms with Gasteiger partial charge in [-0.3, -0.25) is 9.59 Å². The Morgan fingerprint density at radius 1 is 1.18 bits per heavy atom. The van der Waals surface area contributed by atoms with Gasteiger partial charge < -0.3 is 14.7 Å². The summed E-state index contributed by atoms with van der Waals surface area (Å²) in [4.78, 5) is 35.9. The standard InChI is InChI=1S/C22H32N4O2/c1-17(2)15-26-16-22(14-20(26)27)6-11-24(12-7-22)19-13-18(5-8-23-19)21(28)25-9-3-4-10-25/h5,8,13,17H,3-4,6-7,9-12,14-16H2,1-2H3. The third kappa shape index (κ3) is 3.87. The van der Waals surface area contributed by atoms with Gasteiger partial charge >= 0.3 is 0 Å². The molecular formula is C22H32N4O2. The number of carbonyl (C=O) groups is 2. The van der Waals surface area contributed by atoms with Crippen molar-refractivity contribution in [2.45, 2.75) is 46.0 Å². The first-order valence-corrected chi connectivity index (χ1v) is 10.7. The van der Waals surface area contributed by atoms with Crippen LogP contribution < -0.4 is 4.90 Å². The van der Waals surface area contributed by atoms with Crippen molar-refractivity contribution in [3.05, 3.63) is 23.9 Å². The molecule has 0 radical (unpaired) electrons. The minimum absolute atomic E-state index is 0.125. The van der Waals surface area contributed by atoms with Crippen molar-refractivity contribution in [1.82, 2.24) is 14.8 Å². The van der Waals surface area contributed by atoms with Crippen molar-refractivity contribution in [3.8, 4) is 0 Å². The van der Waals surface area contributed by atoms with Crippen molar-refractivity contribution >= 4 is 17.6 Å². The molecule has 0 aromatic carbocycles. The van der Waals surface area contributed by atoms with Gasteiger partial charge in [-0.1, -0.05) is 13.8 Å². The number of nitrogens with zero attached hydrogens (tertiary/aromatic N) is 4. The molecule has 3 aliphatic heterocycles. The van der Waals surface area contributed by atoms with Crippen LogP contribution in [0.4, 0.5) is 5.82 Å². The second kappa shape index (κ2) is 7.72. The van der Waals surface area contributed by atoms with Gasteiger partial charge in [0.05, 0.1) is 0 Å². The molecule has 0 saturated carbocycles. The van der Waals surface area contributed by atoms with Crippen LogP contribution in [-0.2, 0) is 4.79 Å². The number of piperidine rings is 1. The Kier molecular flexibility index (Phi) is 5.30. The summed E-state index contributed by atoms with van der Waals surface area (Å²) in [5, 5.41) is 0. The Hall–Kier alpha value is -2.11. The third-order valence-corrected chi connectivity index (χ3v) is 6.52. The number of hydrogen-bond acceptors (Lipinski definition) is 4. The molecule has 1 spiro atoms. The minimum Gasteiger partial charge on any atom is -0.357 e. The average Bonchev–Trinajstić information content (AvgIpc) is 3.31. The molecular weight excluding hydrogens is 352 g/mol. The Bertz CT molecular complexity index is 734. The van der Waals surface area contributed by atoms with E-state index in [1.54, 1.807) is 6.20 Å². The third-order valence-electron chi connectivity index (χ3n) is 6.52. The SMILES string of the molecule is CC(C)CN1CC2(CCN(c3cc(C(=O)N4CCCC4)ccn3)CC2)CC1=O. The Labute approximate surface area is 167 Å². The van der Waals surface area contributed by atoms with Gasteiger partial charge in [-0.05, 0) is 43.7 Å². The number of aromatic nitrogens is 1. The highest BCUT2D eigenvalue weighted by Crippen LogP contribution is 2.41. The van der Waals surface area contributed by atoms with E-state index in [1.165, 1.54) is 0 Å². The highest BCUT2D eigenvalue weighted by atomic mass is 16.2. The molecule has 28 heavy (non-hydrogen) atoms. The zero-order chi connectivity index (χ0) is 19.7. The second-order valence-corrected chi connectivity index (χ2v) is 9.23. The molecule has 4 rings (SSSR count). The van der Waals surface area contributed by atoms with Crippen molar-refractivity contribution in [3.63, 3.8) is 0 Å². The summed E-state index contributed by atoms with van der Waals surface area (Å²) in [6, 6.07) is 3.78. The lowest BCUT2D eigenvalue weighted by Gasteiger charge is -2.39. The smallest absolute Gasteiger partial charge is 0.254 e. The van der Waals surface area contributed by atoms with E-state index in [2.05, 4.69) is 28.6 Å². The van der Waals surface area contributed by atoms with E-state index in [0.717, 1.165) is 76.3 Å². The van der Waals surface area contributed by atoms with Crippen LogP contribution >= 0.6 is 0 Å². The number of amides is 2. The first-order chi connectivity index (χ1) is 13.5. The molecule has 2 amide bonds. The van der Waals surface area contributed by atoms with E-state index in [9.17, 15) is 9.59 Å².